The number of rotatable bonds is 7. The van der Waals surface area contributed by atoms with Crippen molar-refractivity contribution >= 4 is 11.9 Å². The van der Waals surface area contributed by atoms with E-state index in [1.165, 1.54) is 24.3 Å². The molecule has 0 saturated carbocycles. The van der Waals surface area contributed by atoms with Gasteiger partial charge in [0.1, 0.15) is 11.6 Å². The molecule has 6 heteroatoms. The number of ether oxygens (including phenoxy) is 1. The van der Waals surface area contributed by atoms with Crippen LogP contribution in [0.25, 0.3) is 0 Å². The Bertz CT molecular complexity index is 433. The maximum Gasteiger partial charge on any atom is 0.306 e. The quantitative estimate of drug-likeness (QED) is 0.785. The van der Waals surface area contributed by atoms with Crippen LogP contribution in [0.1, 0.15) is 13.3 Å². The molecule has 1 aromatic carbocycles. The molecule has 5 nitrogen and oxygen atoms in total. The lowest BCUT2D eigenvalue weighted by molar-refractivity contribution is -0.141. The number of nitrogens with one attached hydrogen (secondary N) is 1. The fourth-order valence-corrected chi connectivity index (χ4v) is 1.28. The summed E-state index contributed by atoms with van der Waals surface area (Å²) in [7, 11) is 0. The van der Waals surface area contributed by atoms with Crippen molar-refractivity contribution in [3.63, 3.8) is 0 Å². The summed E-state index contributed by atoms with van der Waals surface area (Å²) in [5.41, 5.74) is 0. The Kier molecular flexibility index (Phi) is 5.78. The normalized spacial score (nSPS) is 11.7. The van der Waals surface area contributed by atoms with Crippen molar-refractivity contribution in [3.8, 4) is 5.75 Å². The van der Waals surface area contributed by atoms with Crippen LogP contribution in [0.15, 0.2) is 24.3 Å². The van der Waals surface area contributed by atoms with E-state index in [0.717, 1.165) is 0 Å². The lowest BCUT2D eigenvalue weighted by Crippen LogP contribution is -2.31. The van der Waals surface area contributed by atoms with E-state index in [2.05, 4.69) is 5.32 Å². The zero-order valence-electron chi connectivity index (χ0n) is 10.6. The smallest absolute Gasteiger partial charge is 0.306 e. The van der Waals surface area contributed by atoms with Crippen LogP contribution < -0.4 is 10.1 Å². The highest BCUT2D eigenvalue weighted by Gasteiger charge is 2.11. The van der Waals surface area contributed by atoms with Gasteiger partial charge in [-0.3, -0.25) is 9.59 Å². The van der Waals surface area contributed by atoms with Crippen molar-refractivity contribution in [2.75, 3.05) is 13.2 Å². The molecular weight excluding hydrogens is 253 g/mol. The Labute approximate surface area is 110 Å². The molecule has 104 valence electrons. The average Bonchev–Trinajstić information content (AvgIpc) is 2.37. The first-order valence-corrected chi connectivity index (χ1v) is 5.87. The van der Waals surface area contributed by atoms with E-state index in [4.69, 9.17) is 9.84 Å². The lowest BCUT2D eigenvalue weighted by Gasteiger charge is -2.09. The molecule has 0 saturated heterocycles. The minimum Gasteiger partial charge on any atom is -0.484 e. The molecule has 0 bridgehead atoms. The highest BCUT2D eigenvalue weighted by Crippen LogP contribution is 2.10. The SMILES string of the molecule is CC(CCNC(=O)COc1ccc(F)cc1)C(=O)O. The molecule has 0 spiro atoms. The number of carbonyl (C=O) groups excluding carboxylic acids is 1. The molecule has 1 aromatic rings. The second-order valence-corrected chi connectivity index (χ2v) is 4.12. The van der Waals surface area contributed by atoms with Crippen LogP contribution >= 0.6 is 0 Å². The standard InChI is InChI=1S/C13H16FNO4/c1-9(13(17)18)6-7-15-12(16)8-19-11-4-2-10(14)3-5-11/h2-5,9H,6-8H2,1H3,(H,15,16)(H,17,18). The maximum absolute atomic E-state index is 12.6. The second kappa shape index (κ2) is 7.35. The molecule has 1 unspecified atom stereocenters. The van der Waals surface area contributed by atoms with E-state index in [9.17, 15) is 14.0 Å². The Morgan fingerprint density at radius 2 is 2.00 bits per heavy atom. The van der Waals surface area contributed by atoms with Crippen LogP contribution in [-0.2, 0) is 9.59 Å². The number of hydrogen-bond acceptors (Lipinski definition) is 3. The van der Waals surface area contributed by atoms with Gasteiger partial charge in [-0.25, -0.2) is 4.39 Å². The summed E-state index contributed by atoms with van der Waals surface area (Å²) < 4.78 is 17.7. The summed E-state index contributed by atoms with van der Waals surface area (Å²) in [5.74, 6) is -1.72. The van der Waals surface area contributed by atoms with Crippen LogP contribution in [0.4, 0.5) is 4.39 Å². The largest absolute Gasteiger partial charge is 0.484 e. The molecule has 0 aliphatic rings. The molecule has 1 rings (SSSR count). The van der Waals surface area contributed by atoms with Crippen molar-refractivity contribution in [1.29, 1.82) is 0 Å². The molecule has 1 amide bonds. The van der Waals surface area contributed by atoms with E-state index in [-0.39, 0.29) is 24.9 Å². The van der Waals surface area contributed by atoms with Gasteiger partial charge in [0.05, 0.1) is 5.92 Å². The molecule has 0 fully saturated rings. The Balaban J connectivity index is 2.21. The van der Waals surface area contributed by atoms with E-state index in [0.29, 0.717) is 12.2 Å². The molecule has 19 heavy (non-hydrogen) atoms. The Morgan fingerprint density at radius 1 is 1.37 bits per heavy atom. The molecule has 0 aliphatic carbocycles. The van der Waals surface area contributed by atoms with Crippen molar-refractivity contribution in [3.05, 3.63) is 30.1 Å². The van der Waals surface area contributed by atoms with Gasteiger partial charge in [-0.15, -0.1) is 0 Å². The van der Waals surface area contributed by atoms with Gasteiger partial charge in [-0.05, 0) is 30.7 Å². The van der Waals surface area contributed by atoms with Gasteiger partial charge in [0, 0.05) is 6.54 Å². The van der Waals surface area contributed by atoms with Gasteiger partial charge < -0.3 is 15.2 Å². The first-order valence-electron chi connectivity index (χ1n) is 5.87. The molecule has 1 atom stereocenters. The third-order valence-corrected chi connectivity index (χ3v) is 2.50. The van der Waals surface area contributed by atoms with E-state index in [1.807, 2.05) is 0 Å². The van der Waals surface area contributed by atoms with Crippen LogP contribution in [0, 0.1) is 11.7 Å². The molecule has 0 heterocycles. The third-order valence-electron chi connectivity index (χ3n) is 2.50. The van der Waals surface area contributed by atoms with Crippen LogP contribution in [0.5, 0.6) is 5.75 Å². The number of aliphatic carboxylic acids is 1. The van der Waals surface area contributed by atoms with Crippen LogP contribution in [0.3, 0.4) is 0 Å². The van der Waals surface area contributed by atoms with Crippen LogP contribution in [-0.4, -0.2) is 30.1 Å². The van der Waals surface area contributed by atoms with Crippen molar-refractivity contribution in [1.82, 2.24) is 5.32 Å². The van der Waals surface area contributed by atoms with Gasteiger partial charge in [0.15, 0.2) is 6.61 Å². The minimum atomic E-state index is -0.892. The molecule has 0 aliphatic heterocycles. The van der Waals surface area contributed by atoms with Gasteiger partial charge in [0.25, 0.3) is 5.91 Å². The predicted molar refractivity (Wildman–Crippen MR) is 66.3 cm³/mol. The summed E-state index contributed by atoms with van der Waals surface area (Å²) >= 11 is 0. The highest BCUT2D eigenvalue weighted by atomic mass is 19.1. The average molecular weight is 269 g/mol. The van der Waals surface area contributed by atoms with Crippen molar-refractivity contribution in [2.24, 2.45) is 5.92 Å². The summed E-state index contributed by atoms with van der Waals surface area (Å²) in [6.07, 6.45) is 0.359. The summed E-state index contributed by atoms with van der Waals surface area (Å²) in [6.45, 7) is 1.66. The first-order chi connectivity index (χ1) is 8.99. The van der Waals surface area contributed by atoms with Crippen molar-refractivity contribution < 1.29 is 23.8 Å². The summed E-state index contributed by atoms with van der Waals surface area (Å²) in [5, 5.41) is 11.2. The summed E-state index contributed by atoms with van der Waals surface area (Å²) in [6, 6.07) is 5.33. The molecule has 0 radical (unpaired) electrons. The maximum atomic E-state index is 12.6. The van der Waals surface area contributed by atoms with E-state index >= 15 is 0 Å². The van der Waals surface area contributed by atoms with E-state index in [1.54, 1.807) is 6.92 Å². The number of carbonyl (C=O) groups is 2. The van der Waals surface area contributed by atoms with Crippen LogP contribution in [0.2, 0.25) is 0 Å². The van der Waals surface area contributed by atoms with E-state index < -0.39 is 11.9 Å². The zero-order valence-corrected chi connectivity index (χ0v) is 10.6. The van der Waals surface area contributed by atoms with Gasteiger partial charge in [-0.2, -0.15) is 0 Å². The minimum absolute atomic E-state index is 0.187. The number of amides is 1. The monoisotopic (exact) mass is 269 g/mol. The fourth-order valence-electron chi connectivity index (χ4n) is 1.28. The number of carboxylic acids is 1. The Hall–Kier alpha value is -2.11. The molecular formula is C13H16FNO4. The van der Waals surface area contributed by atoms with Gasteiger partial charge in [0.2, 0.25) is 0 Å². The van der Waals surface area contributed by atoms with Crippen molar-refractivity contribution in [2.45, 2.75) is 13.3 Å². The number of hydrogen-bond donors (Lipinski definition) is 2. The molecule has 0 aromatic heterocycles. The van der Waals surface area contributed by atoms with Gasteiger partial charge >= 0.3 is 5.97 Å². The fraction of sp³-hybridized carbons (Fsp3) is 0.385. The van der Waals surface area contributed by atoms with Gasteiger partial charge in [-0.1, -0.05) is 6.92 Å². The molecule has 2 N–H and O–H groups in total. The Morgan fingerprint density at radius 3 is 2.58 bits per heavy atom. The lowest BCUT2D eigenvalue weighted by atomic mass is 10.1. The zero-order chi connectivity index (χ0) is 14.3. The second-order valence-electron chi connectivity index (χ2n) is 4.12. The summed E-state index contributed by atoms with van der Waals surface area (Å²) in [4.78, 5) is 21.9. The number of halogens is 1. The number of carboxylic acid groups (broad SMARTS) is 1. The first kappa shape index (κ1) is 14.9. The highest BCUT2D eigenvalue weighted by molar-refractivity contribution is 5.77. The topological polar surface area (TPSA) is 75.6 Å². The third kappa shape index (κ3) is 5.85. The predicted octanol–water partition coefficient (Wildman–Crippen LogP) is 1.43. The number of benzene rings is 1.